The Morgan fingerprint density at radius 1 is 1.15 bits per heavy atom. The van der Waals surface area contributed by atoms with Crippen LogP contribution in [0.1, 0.15) is 31.2 Å². The molecule has 2 aliphatic heterocycles. The van der Waals surface area contributed by atoms with E-state index in [0.29, 0.717) is 6.54 Å². The summed E-state index contributed by atoms with van der Waals surface area (Å²) in [7, 11) is -3.25. The zero-order chi connectivity index (χ0) is 19.3. The van der Waals surface area contributed by atoms with Gasteiger partial charge >= 0.3 is 6.03 Å². The number of hydrogen-bond acceptors (Lipinski definition) is 4. The summed E-state index contributed by atoms with van der Waals surface area (Å²) >= 11 is 0. The number of rotatable bonds is 6. The second-order valence-electron chi connectivity index (χ2n) is 7.62. The van der Waals surface area contributed by atoms with Gasteiger partial charge in [-0.3, -0.25) is 4.90 Å². The van der Waals surface area contributed by atoms with Crippen LogP contribution in [0.3, 0.4) is 0 Å². The van der Waals surface area contributed by atoms with E-state index in [1.807, 2.05) is 23.1 Å². The molecule has 2 N–H and O–H groups in total. The summed E-state index contributed by atoms with van der Waals surface area (Å²) in [6.07, 6.45) is 4.92. The minimum Gasteiger partial charge on any atom is -0.334 e. The van der Waals surface area contributed by atoms with Crippen LogP contribution < -0.4 is 10.0 Å². The van der Waals surface area contributed by atoms with Crippen LogP contribution in [0, 0.1) is 0 Å². The molecule has 0 spiro atoms. The van der Waals surface area contributed by atoms with Gasteiger partial charge in [-0.15, -0.1) is 0 Å². The van der Waals surface area contributed by atoms with Gasteiger partial charge in [0.05, 0.1) is 6.26 Å². The average Bonchev–Trinajstić information content (AvgIpc) is 3.07. The molecule has 0 bridgehead atoms. The number of carbonyl (C=O) groups is 1. The molecule has 150 valence electrons. The van der Waals surface area contributed by atoms with Gasteiger partial charge in [-0.1, -0.05) is 30.3 Å². The molecule has 1 aromatic rings. The molecule has 0 unspecified atom stereocenters. The number of piperidine rings is 1. The summed E-state index contributed by atoms with van der Waals surface area (Å²) in [5.74, 6) is 0. The fourth-order valence-corrected chi connectivity index (χ4v) is 4.42. The summed E-state index contributed by atoms with van der Waals surface area (Å²) in [6.45, 7) is 3.69. The highest BCUT2D eigenvalue weighted by atomic mass is 32.2. The smallest absolute Gasteiger partial charge is 0.317 e. The van der Waals surface area contributed by atoms with E-state index in [9.17, 15) is 13.2 Å². The molecular weight excluding hydrogens is 364 g/mol. The Bertz CT molecular complexity index is 726. The normalized spacial score (nSPS) is 24.1. The van der Waals surface area contributed by atoms with E-state index in [-0.39, 0.29) is 24.7 Å². The molecule has 1 aromatic carbocycles. The molecule has 8 heteroatoms. The SMILES string of the molecule is CS(=O)(=O)NC[C@@H]1CCCCN1C(=O)N[C@@H]1CCN(Cc2ccccc2)C1. The van der Waals surface area contributed by atoms with Crippen molar-refractivity contribution < 1.29 is 13.2 Å². The summed E-state index contributed by atoms with van der Waals surface area (Å²) in [4.78, 5) is 16.9. The van der Waals surface area contributed by atoms with Crippen LogP contribution in [0.5, 0.6) is 0 Å². The molecule has 27 heavy (non-hydrogen) atoms. The molecule has 2 saturated heterocycles. The summed E-state index contributed by atoms with van der Waals surface area (Å²) in [5.41, 5.74) is 1.28. The number of nitrogens with one attached hydrogen (secondary N) is 2. The van der Waals surface area contributed by atoms with Crippen LogP contribution in [0.25, 0.3) is 0 Å². The van der Waals surface area contributed by atoms with Gasteiger partial charge in [0.1, 0.15) is 0 Å². The van der Waals surface area contributed by atoms with Gasteiger partial charge in [0.25, 0.3) is 0 Å². The highest BCUT2D eigenvalue weighted by Crippen LogP contribution is 2.18. The maximum Gasteiger partial charge on any atom is 0.317 e. The van der Waals surface area contributed by atoms with Crippen molar-refractivity contribution in [2.75, 3.05) is 32.4 Å². The summed E-state index contributed by atoms with van der Waals surface area (Å²) in [5, 5.41) is 3.16. The zero-order valence-electron chi connectivity index (χ0n) is 15.9. The lowest BCUT2D eigenvalue weighted by molar-refractivity contribution is 0.149. The molecule has 2 amide bonds. The number of benzene rings is 1. The van der Waals surface area contributed by atoms with E-state index in [4.69, 9.17) is 0 Å². The van der Waals surface area contributed by atoms with Crippen LogP contribution >= 0.6 is 0 Å². The summed E-state index contributed by atoms with van der Waals surface area (Å²) < 4.78 is 25.3. The van der Waals surface area contributed by atoms with E-state index in [1.165, 1.54) is 5.56 Å². The van der Waals surface area contributed by atoms with Gasteiger partial charge in [0.2, 0.25) is 10.0 Å². The van der Waals surface area contributed by atoms with Crippen molar-refractivity contribution in [3.05, 3.63) is 35.9 Å². The van der Waals surface area contributed by atoms with Crippen LogP contribution in [0.4, 0.5) is 4.79 Å². The molecule has 0 saturated carbocycles. The molecule has 0 aromatic heterocycles. The molecule has 2 atom stereocenters. The number of carbonyl (C=O) groups excluding carboxylic acids is 1. The van der Waals surface area contributed by atoms with E-state index in [0.717, 1.165) is 51.6 Å². The fraction of sp³-hybridized carbons (Fsp3) is 0.632. The maximum absolute atomic E-state index is 12.8. The number of likely N-dealkylation sites (tertiary alicyclic amines) is 2. The van der Waals surface area contributed by atoms with Crippen LogP contribution in [-0.4, -0.2) is 68.8 Å². The monoisotopic (exact) mass is 394 g/mol. The lowest BCUT2D eigenvalue weighted by atomic mass is 10.0. The number of amides is 2. The van der Waals surface area contributed by atoms with Gasteiger partial charge in [-0.2, -0.15) is 0 Å². The topological polar surface area (TPSA) is 81.8 Å². The van der Waals surface area contributed by atoms with E-state index >= 15 is 0 Å². The Kier molecular flexibility index (Phi) is 6.73. The molecule has 2 heterocycles. The highest BCUT2D eigenvalue weighted by Gasteiger charge is 2.30. The Morgan fingerprint density at radius 3 is 2.67 bits per heavy atom. The third-order valence-corrected chi connectivity index (χ3v) is 6.01. The molecule has 2 fully saturated rings. The average molecular weight is 395 g/mol. The second kappa shape index (κ2) is 9.03. The summed E-state index contributed by atoms with van der Waals surface area (Å²) in [6, 6.07) is 10.4. The molecular formula is C19H30N4O3S. The first-order valence-electron chi connectivity index (χ1n) is 9.69. The van der Waals surface area contributed by atoms with E-state index in [1.54, 1.807) is 0 Å². The lowest BCUT2D eigenvalue weighted by Crippen LogP contribution is -2.54. The molecule has 7 nitrogen and oxygen atoms in total. The van der Waals surface area contributed by atoms with Crippen LogP contribution in [0.15, 0.2) is 30.3 Å². The predicted octanol–water partition coefficient (Wildman–Crippen LogP) is 1.37. The van der Waals surface area contributed by atoms with Gasteiger partial charge in [0.15, 0.2) is 0 Å². The van der Waals surface area contributed by atoms with Crippen molar-refractivity contribution in [1.82, 2.24) is 19.8 Å². The number of sulfonamides is 1. The quantitative estimate of drug-likeness (QED) is 0.764. The van der Waals surface area contributed by atoms with Crippen LogP contribution in [0.2, 0.25) is 0 Å². The van der Waals surface area contributed by atoms with E-state index in [2.05, 4.69) is 27.1 Å². The van der Waals surface area contributed by atoms with Crippen LogP contribution in [-0.2, 0) is 16.6 Å². The predicted molar refractivity (Wildman–Crippen MR) is 106 cm³/mol. The standard InChI is InChI=1S/C19H30N4O3S/c1-27(25,26)20-13-18-9-5-6-11-23(18)19(24)21-17-10-12-22(15-17)14-16-7-3-2-4-8-16/h2-4,7-8,17-18,20H,5-6,9-15H2,1H3,(H,21,24)/t17-,18+/m1/s1. The first kappa shape index (κ1) is 20.1. The second-order valence-corrected chi connectivity index (χ2v) is 9.45. The minimum absolute atomic E-state index is 0.0680. The third kappa shape index (κ3) is 6.19. The maximum atomic E-state index is 12.8. The van der Waals surface area contributed by atoms with Gasteiger partial charge in [-0.25, -0.2) is 17.9 Å². The van der Waals surface area contributed by atoms with Gasteiger partial charge in [-0.05, 0) is 31.2 Å². The van der Waals surface area contributed by atoms with E-state index < -0.39 is 10.0 Å². The van der Waals surface area contributed by atoms with Crippen molar-refractivity contribution in [2.24, 2.45) is 0 Å². The lowest BCUT2D eigenvalue weighted by Gasteiger charge is -2.36. The largest absolute Gasteiger partial charge is 0.334 e. The number of hydrogen-bond donors (Lipinski definition) is 2. The molecule has 3 rings (SSSR count). The van der Waals surface area contributed by atoms with Crippen molar-refractivity contribution in [3.8, 4) is 0 Å². The van der Waals surface area contributed by atoms with Crippen molar-refractivity contribution >= 4 is 16.1 Å². The Balaban J connectivity index is 1.50. The zero-order valence-corrected chi connectivity index (χ0v) is 16.7. The van der Waals surface area contributed by atoms with Gasteiger partial charge in [0, 0.05) is 44.8 Å². The first-order valence-corrected chi connectivity index (χ1v) is 11.6. The molecule has 0 aliphatic carbocycles. The first-order chi connectivity index (χ1) is 12.9. The molecule has 2 aliphatic rings. The Labute approximate surface area is 162 Å². The molecule has 0 radical (unpaired) electrons. The third-order valence-electron chi connectivity index (χ3n) is 5.32. The van der Waals surface area contributed by atoms with Gasteiger partial charge < -0.3 is 10.2 Å². The van der Waals surface area contributed by atoms with Crippen molar-refractivity contribution in [2.45, 2.75) is 44.3 Å². The Hall–Kier alpha value is -1.64. The van der Waals surface area contributed by atoms with Crippen molar-refractivity contribution in [1.29, 1.82) is 0 Å². The Morgan fingerprint density at radius 2 is 1.93 bits per heavy atom. The number of urea groups is 1. The number of nitrogens with zero attached hydrogens (tertiary/aromatic N) is 2. The minimum atomic E-state index is -3.25. The highest BCUT2D eigenvalue weighted by molar-refractivity contribution is 7.88. The fourth-order valence-electron chi connectivity index (χ4n) is 3.92. The van der Waals surface area contributed by atoms with Crippen molar-refractivity contribution in [3.63, 3.8) is 0 Å².